The number of anilines is 1. The average molecular weight is 281 g/mol. The van der Waals surface area contributed by atoms with Crippen molar-refractivity contribution in [2.45, 2.75) is 6.42 Å². The molecule has 0 amide bonds. The van der Waals surface area contributed by atoms with Gasteiger partial charge in [0.15, 0.2) is 0 Å². The van der Waals surface area contributed by atoms with Crippen molar-refractivity contribution in [3.05, 3.63) is 40.8 Å². The highest BCUT2D eigenvalue weighted by Gasteiger charge is 2.12. The molecule has 0 unspecified atom stereocenters. The van der Waals surface area contributed by atoms with Crippen molar-refractivity contribution >= 4 is 23.4 Å². The lowest BCUT2D eigenvalue weighted by Gasteiger charge is -2.08. The Kier molecular flexibility index (Phi) is 4.01. The normalized spacial score (nSPS) is 10.4. The van der Waals surface area contributed by atoms with E-state index in [0.717, 1.165) is 12.1 Å². The number of carboxylic acid groups (broad SMARTS) is 1. The summed E-state index contributed by atoms with van der Waals surface area (Å²) < 4.78 is 1.78. The number of aromatic nitrogens is 3. The fourth-order valence-corrected chi connectivity index (χ4v) is 1.95. The van der Waals surface area contributed by atoms with Gasteiger partial charge in [-0.3, -0.25) is 4.68 Å². The number of aryl methyl sites for hydroxylation is 1. The molecule has 2 aromatic rings. The van der Waals surface area contributed by atoms with Gasteiger partial charge in [0.2, 0.25) is 0 Å². The molecule has 0 bridgehead atoms. The van der Waals surface area contributed by atoms with Crippen LogP contribution in [0, 0.1) is 0 Å². The Hall–Kier alpha value is -2.08. The summed E-state index contributed by atoms with van der Waals surface area (Å²) in [6, 6.07) is 3.29. The summed E-state index contributed by atoms with van der Waals surface area (Å²) in [4.78, 5) is 15.0. The molecule has 2 rings (SSSR count). The summed E-state index contributed by atoms with van der Waals surface area (Å²) in [7, 11) is 1.87. The summed E-state index contributed by atoms with van der Waals surface area (Å²) >= 11 is 5.97. The number of halogens is 1. The Morgan fingerprint density at radius 2 is 2.26 bits per heavy atom. The summed E-state index contributed by atoms with van der Waals surface area (Å²) in [5, 5.41) is 16.2. The zero-order chi connectivity index (χ0) is 13.8. The molecule has 0 fully saturated rings. The number of carbonyl (C=O) groups is 1. The van der Waals surface area contributed by atoms with Crippen LogP contribution in [0.25, 0.3) is 0 Å². The second-order valence-electron chi connectivity index (χ2n) is 3.95. The number of nitrogens with zero attached hydrogens (tertiary/aromatic N) is 3. The van der Waals surface area contributed by atoms with E-state index in [1.165, 1.54) is 12.3 Å². The van der Waals surface area contributed by atoms with E-state index in [1.54, 1.807) is 10.9 Å². The first-order valence-electron chi connectivity index (χ1n) is 5.68. The van der Waals surface area contributed by atoms with Gasteiger partial charge in [-0.2, -0.15) is 5.10 Å². The molecule has 2 heterocycles. The number of rotatable bonds is 5. The Balaban J connectivity index is 2.02. The minimum Gasteiger partial charge on any atom is -0.478 e. The number of pyridine rings is 1. The van der Waals surface area contributed by atoms with Gasteiger partial charge in [-0.05, 0) is 12.1 Å². The largest absolute Gasteiger partial charge is 0.478 e. The molecule has 0 saturated heterocycles. The van der Waals surface area contributed by atoms with Crippen LogP contribution < -0.4 is 5.32 Å². The molecule has 0 spiro atoms. The van der Waals surface area contributed by atoms with Crippen LogP contribution in [0.2, 0.25) is 5.02 Å². The van der Waals surface area contributed by atoms with Crippen molar-refractivity contribution in [1.82, 2.24) is 14.8 Å². The topological polar surface area (TPSA) is 80.0 Å². The summed E-state index contributed by atoms with van der Waals surface area (Å²) in [6.07, 6.45) is 3.89. The van der Waals surface area contributed by atoms with Gasteiger partial charge in [-0.15, -0.1) is 0 Å². The molecule has 7 heteroatoms. The van der Waals surface area contributed by atoms with Gasteiger partial charge in [0.25, 0.3) is 0 Å². The monoisotopic (exact) mass is 280 g/mol. The molecule has 2 aromatic heterocycles. The fourth-order valence-electron chi connectivity index (χ4n) is 1.69. The molecule has 0 aromatic carbocycles. The maximum absolute atomic E-state index is 10.9. The SMILES string of the molecule is Cn1nccc1CCNc1nccc(C(=O)O)c1Cl. The van der Waals surface area contributed by atoms with E-state index in [2.05, 4.69) is 15.4 Å². The van der Waals surface area contributed by atoms with Crippen LogP contribution in [-0.4, -0.2) is 32.4 Å². The number of carboxylic acids is 1. The maximum atomic E-state index is 10.9. The van der Waals surface area contributed by atoms with Gasteiger partial charge in [0.1, 0.15) is 5.82 Å². The molecule has 0 aliphatic rings. The minimum atomic E-state index is -1.07. The highest BCUT2D eigenvalue weighted by Crippen LogP contribution is 2.23. The van der Waals surface area contributed by atoms with Crippen molar-refractivity contribution in [2.24, 2.45) is 7.05 Å². The van der Waals surface area contributed by atoms with Gasteiger partial charge in [0, 0.05) is 38.1 Å². The van der Waals surface area contributed by atoms with Crippen molar-refractivity contribution in [3.63, 3.8) is 0 Å². The third kappa shape index (κ3) is 3.03. The van der Waals surface area contributed by atoms with Gasteiger partial charge >= 0.3 is 5.97 Å². The first-order chi connectivity index (χ1) is 9.09. The van der Waals surface area contributed by atoms with E-state index >= 15 is 0 Å². The highest BCUT2D eigenvalue weighted by atomic mass is 35.5. The lowest BCUT2D eigenvalue weighted by atomic mass is 10.2. The van der Waals surface area contributed by atoms with Crippen molar-refractivity contribution < 1.29 is 9.90 Å². The highest BCUT2D eigenvalue weighted by molar-refractivity contribution is 6.35. The third-order valence-electron chi connectivity index (χ3n) is 2.72. The number of aromatic carboxylic acids is 1. The fraction of sp³-hybridized carbons (Fsp3) is 0.250. The van der Waals surface area contributed by atoms with Crippen molar-refractivity contribution in [1.29, 1.82) is 0 Å². The molecular weight excluding hydrogens is 268 g/mol. The van der Waals surface area contributed by atoms with Crippen LogP contribution in [0.4, 0.5) is 5.82 Å². The Bertz CT molecular complexity index is 597. The molecular formula is C12H13ClN4O2. The maximum Gasteiger partial charge on any atom is 0.337 e. The molecule has 0 radical (unpaired) electrons. The predicted molar refractivity (Wildman–Crippen MR) is 71.6 cm³/mol. The van der Waals surface area contributed by atoms with Crippen molar-refractivity contribution in [3.8, 4) is 0 Å². The quantitative estimate of drug-likeness (QED) is 0.873. The summed E-state index contributed by atoms with van der Waals surface area (Å²) in [5.74, 6) is -0.689. The molecule has 0 aliphatic heterocycles. The van der Waals surface area contributed by atoms with Crippen LogP contribution >= 0.6 is 11.6 Å². The molecule has 0 aliphatic carbocycles. The average Bonchev–Trinajstić information content (AvgIpc) is 2.77. The lowest BCUT2D eigenvalue weighted by Crippen LogP contribution is -2.10. The van der Waals surface area contributed by atoms with E-state index in [-0.39, 0.29) is 10.6 Å². The second-order valence-corrected chi connectivity index (χ2v) is 4.33. The van der Waals surface area contributed by atoms with E-state index in [0.29, 0.717) is 12.4 Å². The minimum absolute atomic E-state index is 0.0414. The molecule has 6 nitrogen and oxygen atoms in total. The molecule has 19 heavy (non-hydrogen) atoms. The number of hydrogen-bond donors (Lipinski definition) is 2. The molecule has 100 valence electrons. The third-order valence-corrected chi connectivity index (χ3v) is 3.10. The van der Waals surface area contributed by atoms with Crippen LogP contribution in [0.5, 0.6) is 0 Å². The van der Waals surface area contributed by atoms with E-state index < -0.39 is 5.97 Å². The lowest BCUT2D eigenvalue weighted by molar-refractivity contribution is 0.0697. The number of nitrogens with one attached hydrogen (secondary N) is 1. The van der Waals surface area contributed by atoms with Crippen LogP contribution in [-0.2, 0) is 13.5 Å². The molecule has 0 saturated carbocycles. The van der Waals surface area contributed by atoms with E-state index in [4.69, 9.17) is 16.7 Å². The van der Waals surface area contributed by atoms with Gasteiger partial charge in [-0.25, -0.2) is 9.78 Å². The smallest absolute Gasteiger partial charge is 0.337 e. The Morgan fingerprint density at radius 1 is 1.47 bits per heavy atom. The van der Waals surface area contributed by atoms with E-state index in [1.807, 2.05) is 13.1 Å². The first kappa shape index (κ1) is 13.4. The molecule has 2 N–H and O–H groups in total. The Labute approximate surface area is 115 Å². The predicted octanol–water partition coefficient (Wildman–Crippen LogP) is 1.82. The standard InChI is InChI=1S/C12H13ClN4O2/c1-17-8(3-7-16-17)2-5-14-11-10(13)9(12(18)19)4-6-15-11/h3-4,6-7H,2,5H2,1H3,(H,14,15)(H,18,19). The Morgan fingerprint density at radius 3 is 2.89 bits per heavy atom. The zero-order valence-electron chi connectivity index (χ0n) is 10.3. The summed E-state index contributed by atoms with van der Waals surface area (Å²) in [6.45, 7) is 0.593. The first-order valence-corrected chi connectivity index (χ1v) is 6.06. The van der Waals surface area contributed by atoms with Crippen LogP contribution in [0.15, 0.2) is 24.5 Å². The van der Waals surface area contributed by atoms with Gasteiger partial charge in [0.05, 0.1) is 10.6 Å². The van der Waals surface area contributed by atoms with Gasteiger partial charge < -0.3 is 10.4 Å². The summed E-state index contributed by atoms with van der Waals surface area (Å²) in [5.41, 5.74) is 1.11. The van der Waals surface area contributed by atoms with Crippen LogP contribution in [0.1, 0.15) is 16.1 Å². The second kappa shape index (κ2) is 5.71. The van der Waals surface area contributed by atoms with Crippen LogP contribution in [0.3, 0.4) is 0 Å². The molecule has 0 atom stereocenters. The zero-order valence-corrected chi connectivity index (χ0v) is 11.1. The van der Waals surface area contributed by atoms with Crippen molar-refractivity contribution in [2.75, 3.05) is 11.9 Å². The van der Waals surface area contributed by atoms with E-state index in [9.17, 15) is 4.79 Å². The van der Waals surface area contributed by atoms with Gasteiger partial charge in [-0.1, -0.05) is 11.6 Å². The number of hydrogen-bond acceptors (Lipinski definition) is 4.